The van der Waals surface area contributed by atoms with Crippen molar-refractivity contribution in [3.8, 4) is 5.75 Å². The van der Waals surface area contributed by atoms with E-state index >= 15 is 0 Å². The molecule has 0 bridgehead atoms. The number of rotatable bonds is 8. The van der Waals surface area contributed by atoms with Crippen LogP contribution in [0.4, 0.5) is 5.69 Å². The number of ether oxygens (including phenoxy) is 1. The molecule has 53 heavy (non-hydrogen) atoms. The lowest BCUT2D eigenvalue weighted by Crippen LogP contribution is -2.44. The third-order valence-electron chi connectivity index (χ3n) is 11.3. The predicted octanol–water partition coefficient (Wildman–Crippen LogP) is 6.39. The van der Waals surface area contributed by atoms with Crippen molar-refractivity contribution >= 4 is 67.6 Å². The number of carbonyl (C=O) groups excluding carboxylic acids is 3. The molecule has 1 aliphatic carbocycles. The van der Waals surface area contributed by atoms with E-state index < -0.39 is 11.9 Å². The van der Waals surface area contributed by atoms with Gasteiger partial charge in [-0.2, -0.15) is 0 Å². The number of likely N-dealkylation sites (tertiary alicyclic amines) is 1. The molecular formula is C39H42ClN7O5S. The molecule has 2 N–H and O–H groups in total. The molecule has 14 heteroatoms. The molecule has 3 aromatic heterocycles. The number of nitrogens with zero attached hydrogens (tertiary/aromatic N) is 5. The van der Waals surface area contributed by atoms with Crippen LogP contribution in [0.1, 0.15) is 90.2 Å². The van der Waals surface area contributed by atoms with Crippen LogP contribution in [0.25, 0.3) is 21.3 Å². The monoisotopic (exact) mass is 755 g/mol. The average Bonchev–Trinajstić information content (AvgIpc) is 3.69. The average molecular weight is 756 g/mol. The van der Waals surface area contributed by atoms with Crippen LogP contribution in [-0.4, -0.2) is 68.5 Å². The molecule has 3 aliphatic rings. The van der Waals surface area contributed by atoms with Gasteiger partial charge in [-0.3, -0.25) is 33.8 Å². The Morgan fingerprint density at radius 2 is 1.81 bits per heavy atom. The third-order valence-corrected chi connectivity index (χ3v) is 12.7. The van der Waals surface area contributed by atoms with Gasteiger partial charge < -0.3 is 15.0 Å². The number of carbonyl (C=O) groups is 3. The molecule has 12 nitrogen and oxygen atoms in total. The Hall–Kier alpha value is -4.59. The molecule has 1 unspecified atom stereocenters. The van der Waals surface area contributed by atoms with Gasteiger partial charge in [0.15, 0.2) is 0 Å². The number of imide groups is 1. The maximum absolute atomic E-state index is 13.4. The van der Waals surface area contributed by atoms with Crippen LogP contribution < -0.4 is 21.1 Å². The predicted molar refractivity (Wildman–Crippen MR) is 205 cm³/mol. The number of hydrogen-bond acceptors (Lipinski definition) is 9. The van der Waals surface area contributed by atoms with Gasteiger partial charge in [-0.05, 0) is 93.6 Å². The SMILES string of the molecule is COc1cc2nc(C3CCC(CN4CCC(c5cccc6c5n(C)c(=O)n6C5CCC(=O)NC5=O)CC4)CC3)sc2cc1NC(=O)c1cncc(Cl)c1. The summed E-state index contributed by atoms with van der Waals surface area (Å²) in [4.78, 5) is 62.4. The normalized spacial score (nSPS) is 21.6. The van der Waals surface area contributed by atoms with Gasteiger partial charge in [-0.25, -0.2) is 9.78 Å². The number of aromatic nitrogens is 4. The van der Waals surface area contributed by atoms with E-state index in [1.54, 1.807) is 40.7 Å². The van der Waals surface area contributed by atoms with Gasteiger partial charge in [0.1, 0.15) is 11.8 Å². The molecule has 3 fully saturated rings. The zero-order chi connectivity index (χ0) is 36.8. The number of benzene rings is 2. The molecule has 8 rings (SSSR count). The number of thiazole rings is 1. The van der Waals surface area contributed by atoms with E-state index in [0.717, 1.165) is 90.0 Å². The first kappa shape index (κ1) is 35.4. The number of amides is 3. The van der Waals surface area contributed by atoms with Crippen LogP contribution >= 0.6 is 22.9 Å². The zero-order valence-electron chi connectivity index (χ0n) is 29.8. The molecule has 1 saturated carbocycles. The molecule has 3 amide bonds. The maximum atomic E-state index is 13.4. The number of nitrogens with one attached hydrogen (secondary N) is 2. The van der Waals surface area contributed by atoms with E-state index in [4.69, 9.17) is 21.3 Å². The summed E-state index contributed by atoms with van der Waals surface area (Å²) < 4.78 is 9.88. The highest BCUT2D eigenvalue weighted by molar-refractivity contribution is 7.18. The van der Waals surface area contributed by atoms with Crippen LogP contribution in [0, 0.1) is 5.92 Å². The molecule has 2 aromatic carbocycles. The van der Waals surface area contributed by atoms with Crippen LogP contribution in [0.2, 0.25) is 5.02 Å². The van der Waals surface area contributed by atoms with Gasteiger partial charge in [0.2, 0.25) is 11.8 Å². The van der Waals surface area contributed by atoms with E-state index in [2.05, 4.69) is 26.6 Å². The van der Waals surface area contributed by atoms with Crippen molar-refractivity contribution in [3.05, 3.63) is 80.4 Å². The van der Waals surface area contributed by atoms with Crippen molar-refractivity contribution in [1.29, 1.82) is 0 Å². The Labute approximate surface area is 315 Å². The second-order valence-corrected chi connectivity index (χ2v) is 16.1. The molecule has 1 atom stereocenters. The highest BCUT2D eigenvalue weighted by Crippen LogP contribution is 2.42. The summed E-state index contributed by atoms with van der Waals surface area (Å²) in [6, 6.07) is 10.8. The quantitative estimate of drug-likeness (QED) is 0.174. The standard InChI is InChI=1S/C39H42ClN7O5S/c1-45-35-27(4-3-5-30(35)47(39(45)51)31-10-11-34(48)44-37(31)50)23-12-14-46(15-13-23)21-22-6-8-24(9-7-22)38-43-29-17-32(52-2)28(18-33(29)53-38)42-36(49)25-16-26(40)20-41-19-25/h3-5,16-20,22-24,31H,6-15,21H2,1-2H3,(H,42,49)(H,44,48,50). The topological polar surface area (TPSA) is 140 Å². The zero-order valence-corrected chi connectivity index (χ0v) is 31.3. The first-order chi connectivity index (χ1) is 25.7. The Bertz CT molecular complexity index is 2280. The van der Waals surface area contributed by atoms with Gasteiger partial charge in [0.05, 0.1) is 49.6 Å². The molecular weight excluding hydrogens is 714 g/mol. The summed E-state index contributed by atoms with van der Waals surface area (Å²) in [6.45, 7) is 3.11. The van der Waals surface area contributed by atoms with Crippen molar-refractivity contribution in [2.75, 3.05) is 32.1 Å². The van der Waals surface area contributed by atoms with E-state index in [9.17, 15) is 19.2 Å². The number of piperidine rings is 2. The second-order valence-electron chi connectivity index (χ2n) is 14.6. The van der Waals surface area contributed by atoms with Crippen molar-refractivity contribution in [3.63, 3.8) is 0 Å². The molecule has 2 aliphatic heterocycles. The van der Waals surface area contributed by atoms with Crippen molar-refractivity contribution in [1.82, 2.24) is 29.3 Å². The first-order valence-corrected chi connectivity index (χ1v) is 19.5. The molecule has 2 saturated heterocycles. The summed E-state index contributed by atoms with van der Waals surface area (Å²) in [6.07, 6.45) is 10.1. The number of halogens is 1. The molecule has 5 aromatic rings. The summed E-state index contributed by atoms with van der Waals surface area (Å²) >= 11 is 7.73. The van der Waals surface area contributed by atoms with E-state index in [1.807, 2.05) is 24.3 Å². The van der Waals surface area contributed by atoms with Crippen molar-refractivity contribution in [2.24, 2.45) is 13.0 Å². The minimum Gasteiger partial charge on any atom is -0.494 e. The molecule has 0 radical (unpaired) electrons. The molecule has 0 spiro atoms. The van der Waals surface area contributed by atoms with Crippen LogP contribution in [0.3, 0.4) is 0 Å². The van der Waals surface area contributed by atoms with Crippen molar-refractivity contribution in [2.45, 2.75) is 69.2 Å². The van der Waals surface area contributed by atoms with Gasteiger partial charge in [0, 0.05) is 44.4 Å². The number of para-hydroxylation sites is 1. The van der Waals surface area contributed by atoms with Crippen LogP contribution in [-0.2, 0) is 16.6 Å². The first-order valence-electron chi connectivity index (χ1n) is 18.3. The van der Waals surface area contributed by atoms with E-state index in [0.29, 0.717) is 46.2 Å². The van der Waals surface area contributed by atoms with Gasteiger partial charge >= 0.3 is 5.69 Å². The van der Waals surface area contributed by atoms with Crippen LogP contribution in [0.5, 0.6) is 5.75 Å². The number of fused-ring (bicyclic) bond motifs is 2. The largest absolute Gasteiger partial charge is 0.494 e. The fourth-order valence-corrected chi connectivity index (χ4v) is 9.89. The Balaban J connectivity index is 0.880. The Morgan fingerprint density at radius 3 is 2.55 bits per heavy atom. The highest BCUT2D eigenvalue weighted by atomic mass is 35.5. The fourth-order valence-electron chi connectivity index (χ4n) is 8.56. The second kappa shape index (κ2) is 14.7. The van der Waals surface area contributed by atoms with Gasteiger partial charge in [-0.1, -0.05) is 23.7 Å². The lowest BCUT2D eigenvalue weighted by molar-refractivity contribution is -0.135. The smallest absolute Gasteiger partial charge is 0.329 e. The number of pyridine rings is 1. The Kier molecular flexibility index (Phi) is 9.81. The lowest BCUT2D eigenvalue weighted by Gasteiger charge is -2.36. The van der Waals surface area contributed by atoms with E-state index in [1.165, 1.54) is 12.4 Å². The number of aryl methyl sites for hydroxylation is 1. The minimum atomic E-state index is -0.680. The maximum Gasteiger partial charge on any atom is 0.329 e. The van der Waals surface area contributed by atoms with Gasteiger partial charge in [0.25, 0.3) is 5.91 Å². The Morgan fingerprint density at radius 1 is 1.02 bits per heavy atom. The molecule has 276 valence electrons. The third kappa shape index (κ3) is 6.97. The molecule has 5 heterocycles. The van der Waals surface area contributed by atoms with Gasteiger partial charge in [-0.15, -0.1) is 11.3 Å². The summed E-state index contributed by atoms with van der Waals surface area (Å²) in [5.41, 5.74) is 4.42. The van der Waals surface area contributed by atoms with Crippen molar-refractivity contribution < 1.29 is 19.1 Å². The highest BCUT2D eigenvalue weighted by Gasteiger charge is 2.33. The lowest BCUT2D eigenvalue weighted by atomic mass is 9.81. The summed E-state index contributed by atoms with van der Waals surface area (Å²) in [5.74, 6) is 0.932. The van der Waals surface area contributed by atoms with E-state index in [-0.39, 0.29) is 23.9 Å². The number of hydrogen-bond donors (Lipinski definition) is 2. The number of imidazole rings is 1. The minimum absolute atomic E-state index is 0.221. The number of methoxy groups -OCH3 is 1. The summed E-state index contributed by atoms with van der Waals surface area (Å²) in [5, 5.41) is 6.88. The summed E-state index contributed by atoms with van der Waals surface area (Å²) in [7, 11) is 3.37. The van der Waals surface area contributed by atoms with Crippen LogP contribution in [0.15, 0.2) is 53.6 Å². The number of anilines is 1. The fraction of sp³-hybridized carbons (Fsp3) is 0.436.